The highest BCUT2D eigenvalue weighted by molar-refractivity contribution is 5.82. The number of rotatable bonds is 12. The van der Waals surface area contributed by atoms with E-state index in [-0.39, 0.29) is 6.04 Å². The fraction of sp³-hybridized carbons (Fsp3) is 0.571. The Kier molecular flexibility index (Phi) is 11.5. The van der Waals surface area contributed by atoms with Crippen LogP contribution in [0.1, 0.15) is 84.6 Å². The van der Waals surface area contributed by atoms with Crippen molar-refractivity contribution in [2.24, 2.45) is 5.92 Å². The highest BCUT2D eigenvalue weighted by Gasteiger charge is 2.32. The first-order valence-corrected chi connectivity index (χ1v) is 15.6. The Labute approximate surface area is 243 Å². The number of hydrogen-bond acceptors (Lipinski definition) is 4. The molecule has 1 N–H and O–H groups in total. The van der Waals surface area contributed by atoms with Crippen molar-refractivity contribution in [3.63, 3.8) is 0 Å². The van der Waals surface area contributed by atoms with Gasteiger partial charge in [0.15, 0.2) is 0 Å². The molecule has 40 heavy (non-hydrogen) atoms. The van der Waals surface area contributed by atoms with Crippen LogP contribution in [0.3, 0.4) is 0 Å². The Morgan fingerprint density at radius 2 is 1.65 bits per heavy atom. The summed E-state index contributed by atoms with van der Waals surface area (Å²) in [5.74, 6) is 1.70. The Balaban J connectivity index is 1.37. The van der Waals surface area contributed by atoms with Gasteiger partial charge in [0, 0.05) is 37.4 Å². The van der Waals surface area contributed by atoms with Crippen LogP contribution in [0, 0.1) is 5.92 Å². The van der Waals surface area contributed by atoms with Gasteiger partial charge < -0.3 is 19.9 Å². The molecule has 0 bridgehead atoms. The second-order valence-corrected chi connectivity index (χ2v) is 12.4. The molecule has 5 heteroatoms. The van der Waals surface area contributed by atoms with Crippen molar-refractivity contribution >= 4 is 11.6 Å². The van der Waals surface area contributed by atoms with Gasteiger partial charge >= 0.3 is 0 Å². The molecule has 2 fully saturated rings. The zero-order valence-electron chi connectivity index (χ0n) is 25.3. The van der Waals surface area contributed by atoms with Gasteiger partial charge in [0.1, 0.15) is 12.4 Å². The molecule has 1 aliphatic heterocycles. The van der Waals surface area contributed by atoms with Gasteiger partial charge in [-0.05, 0) is 81.7 Å². The predicted molar refractivity (Wildman–Crippen MR) is 167 cm³/mol. The van der Waals surface area contributed by atoms with E-state index in [0.29, 0.717) is 30.5 Å². The third kappa shape index (κ3) is 9.12. The fourth-order valence-electron chi connectivity index (χ4n) is 6.10. The van der Waals surface area contributed by atoms with E-state index in [9.17, 15) is 4.79 Å². The molecule has 1 saturated carbocycles. The summed E-state index contributed by atoms with van der Waals surface area (Å²) in [4.78, 5) is 18.4. The number of piperidine rings is 1. The minimum absolute atomic E-state index is 0.0511. The normalized spacial score (nSPS) is 17.5. The number of likely N-dealkylation sites (tertiary alicyclic amines) is 1. The molecule has 1 saturated heterocycles. The summed E-state index contributed by atoms with van der Waals surface area (Å²) < 4.78 is 6.03. The van der Waals surface area contributed by atoms with Gasteiger partial charge in [-0.15, -0.1) is 0 Å². The fourth-order valence-corrected chi connectivity index (χ4v) is 6.10. The van der Waals surface area contributed by atoms with Gasteiger partial charge in [0.25, 0.3) is 0 Å². The number of amides is 1. The molecular weight excluding hydrogens is 494 g/mol. The highest BCUT2D eigenvalue weighted by Crippen LogP contribution is 2.27. The summed E-state index contributed by atoms with van der Waals surface area (Å²) in [6.45, 7) is 11.9. The van der Waals surface area contributed by atoms with Crippen LogP contribution in [0.25, 0.3) is 0 Å². The van der Waals surface area contributed by atoms with E-state index >= 15 is 0 Å². The summed E-state index contributed by atoms with van der Waals surface area (Å²) >= 11 is 0. The highest BCUT2D eigenvalue weighted by atomic mass is 16.5. The van der Waals surface area contributed by atoms with E-state index in [2.05, 4.69) is 85.3 Å². The topological polar surface area (TPSA) is 44.8 Å². The van der Waals surface area contributed by atoms with Crippen LogP contribution in [-0.2, 0) is 11.4 Å². The summed E-state index contributed by atoms with van der Waals surface area (Å²) in [5.41, 5.74) is 3.71. The van der Waals surface area contributed by atoms with Crippen molar-refractivity contribution in [3.05, 3.63) is 71.8 Å². The number of carbonyl (C=O) groups excluding carboxylic acids is 1. The minimum atomic E-state index is -0.0511. The summed E-state index contributed by atoms with van der Waals surface area (Å²) in [6, 6.07) is 19.7. The average molecular weight is 546 g/mol. The maximum absolute atomic E-state index is 13.7. The largest absolute Gasteiger partial charge is 0.489 e. The van der Waals surface area contributed by atoms with Crippen molar-refractivity contribution in [1.82, 2.24) is 10.2 Å². The Morgan fingerprint density at radius 1 is 0.975 bits per heavy atom. The van der Waals surface area contributed by atoms with Gasteiger partial charge in [-0.1, -0.05) is 75.1 Å². The molecule has 4 rings (SSSR count). The van der Waals surface area contributed by atoms with Crippen LogP contribution in [0.4, 0.5) is 5.69 Å². The lowest BCUT2D eigenvalue weighted by Crippen LogP contribution is -2.54. The first kappa shape index (κ1) is 30.2. The Bertz CT molecular complexity index is 1050. The SMILES string of the molecule is CC(C)=CCN(c1ccc(OCc2ccccc2)cc1)C1CCN(C(=O)C(CC(C)C)NC2CCCCC2)CC1. The Morgan fingerprint density at radius 3 is 2.27 bits per heavy atom. The minimum Gasteiger partial charge on any atom is -0.489 e. The van der Waals surface area contributed by atoms with Crippen LogP contribution < -0.4 is 15.0 Å². The molecular formula is C35H51N3O2. The van der Waals surface area contributed by atoms with Gasteiger partial charge in [-0.2, -0.15) is 0 Å². The standard InChI is InChI=1S/C35H51N3O2/c1-27(2)19-24-38(31-15-17-33(18-16-31)40-26-29-11-7-5-8-12-29)32-20-22-37(23-21-32)35(39)34(25-28(3)4)36-30-13-9-6-10-14-30/h5,7-8,11-12,15-19,28,30,32,34,36H,6,9-10,13-14,20-26H2,1-4H3. The first-order valence-electron chi connectivity index (χ1n) is 15.6. The molecule has 0 radical (unpaired) electrons. The number of nitrogens with zero attached hydrogens (tertiary/aromatic N) is 2. The van der Waals surface area contributed by atoms with E-state index in [1.807, 2.05) is 18.2 Å². The molecule has 2 aromatic carbocycles. The van der Waals surface area contributed by atoms with E-state index < -0.39 is 0 Å². The second-order valence-electron chi connectivity index (χ2n) is 12.4. The molecule has 2 aliphatic rings. The first-order chi connectivity index (χ1) is 19.4. The van der Waals surface area contributed by atoms with Crippen molar-refractivity contribution in [2.75, 3.05) is 24.5 Å². The number of hydrogen-bond donors (Lipinski definition) is 1. The van der Waals surface area contributed by atoms with Gasteiger partial charge in [-0.3, -0.25) is 4.79 Å². The van der Waals surface area contributed by atoms with Crippen LogP contribution in [-0.4, -0.2) is 48.6 Å². The zero-order chi connectivity index (χ0) is 28.3. The summed E-state index contributed by atoms with van der Waals surface area (Å²) in [5, 5.41) is 3.78. The van der Waals surface area contributed by atoms with Crippen LogP contribution in [0.2, 0.25) is 0 Å². The maximum Gasteiger partial charge on any atom is 0.239 e. The molecule has 2 aromatic rings. The molecule has 1 unspecified atom stereocenters. The Hall–Kier alpha value is -2.79. The number of allylic oxidation sites excluding steroid dienone is 1. The molecule has 1 atom stereocenters. The van der Waals surface area contributed by atoms with Crippen molar-refractivity contribution in [2.45, 2.75) is 104 Å². The summed E-state index contributed by atoms with van der Waals surface area (Å²) in [7, 11) is 0. The van der Waals surface area contributed by atoms with Gasteiger partial charge in [0.2, 0.25) is 5.91 Å². The van der Waals surface area contributed by atoms with Crippen molar-refractivity contribution in [1.29, 1.82) is 0 Å². The van der Waals surface area contributed by atoms with Crippen molar-refractivity contribution in [3.8, 4) is 5.75 Å². The molecule has 0 spiro atoms. The van der Waals surface area contributed by atoms with Crippen LogP contribution >= 0.6 is 0 Å². The number of nitrogens with one attached hydrogen (secondary N) is 1. The van der Waals surface area contributed by atoms with E-state index in [4.69, 9.17) is 4.74 Å². The lowest BCUT2D eigenvalue weighted by atomic mass is 9.93. The third-order valence-electron chi connectivity index (χ3n) is 8.38. The maximum atomic E-state index is 13.7. The van der Waals surface area contributed by atoms with E-state index in [1.165, 1.54) is 48.9 Å². The second kappa shape index (κ2) is 15.3. The lowest BCUT2D eigenvalue weighted by molar-refractivity contribution is -0.135. The molecule has 5 nitrogen and oxygen atoms in total. The monoisotopic (exact) mass is 545 g/mol. The van der Waals surface area contributed by atoms with Gasteiger partial charge in [-0.25, -0.2) is 0 Å². The molecule has 1 amide bonds. The van der Waals surface area contributed by atoms with Crippen molar-refractivity contribution < 1.29 is 9.53 Å². The quantitative estimate of drug-likeness (QED) is 0.283. The number of carbonyl (C=O) groups is 1. The average Bonchev–Trinajstić information content (AvgIpc) is 2.97. The number of anilines is 1. The predicted octanol–water partition coefficient (Wildman–Crippen LogP) is 7.37. The van der Waals surface area contributed by atoms with E-state index in [1.54, 1.807) is 0 Å². The molecule has 1 heterocycles. The number of benzene rings is 2. The number of ether oxygens (including phenoxy) is 1. The van der Waals surface area contributed by atoms with Gasteiger partial charge in [0.05, 0.1) is 6.04 Å². The molecule has 0 aromatic heterocycles. The molecule has 1 aliphatic carbocycles. The van der Waals surface area contributed by atoms with E-state index in [0.717, 1.165) is 44.6 Å². The zero-order valence-corrected chi connectivity index (χ0v) is 25.3. The summed E-state index contributed by atoms with van der Waals surface area (Å²) in [6.07, 6.45) is 11.5. The lowest BCUT2D eigenvalue weighted by Gasteiger charge is -2.41. The van der Waals surface area contributed by atoms with Crippen LogP contribution in [0.5, 0.6) is 5.75 Å². The third-order valence-corrected chi connectivity index (χ3v) is 8.38. The molecule has 218 valence electrons. The van der Waals surface area contributed by atoms with Crippen LogP contribution in [0.15, 0.2) is 66.2 Å². The smallest absolute Gasteiger partial charge is 0.239 e.